The summed E-state index contributed by atoms with van der Waals surface area (Å²) in [6, 6.07) is 69.4. The summed E-state index contributed by atoms with van der Waals surface area (Å²) in [4.78, 5) is 0. The Morgan fingerprint density at radius 3 is 1.50 bits per heavy atom. The molecule has 0 N–H and O–H groups in total. The van der Waals surface area contributed by atoms with Crippen molar-refractivity contribution < 1.29 is 4.11 Å². The highest BCUT2D eigenvalue weighted by molar-refractivity contribution is 6.13. The summed E-state index contributed by atoms with van der Waals surface area (Å²) in [7, 11) is 0. The third kappa shape index (κ3) is 5.34. The second-order valence-electron chi connectivity index (χ2n) is 14.3. The Balaban J connectivity index is 1.12. The zero-order valence-corrected chi connectivity index (χ0v) is 30.4. The molecule has 2 heteroatoms. The molecular weight excluding hydrogens is 677 g/mol. The van der Waals surface area contributed by atoms with Crippen LogP contribution < -0.4 is 0 Å². The van der Waals surface area contributed by atoms with Crippen molar-refractivity contribution >= 4 is 43.6 Å². The van der Waals surface area contributed by atoms with Crippen molar-refractivity contribution in [2.45, 2.75) is 0 Å². The van der Waals surface area contributed by atoms with Crippen LogP contribution in [0.2, 0.25) is 0 Å². The average Bonchev–Trinajstić information content (AvgIpc) is 3.82. The minimum atomic E-state index is 0.0373. The minimum absolute atomic E-state index is 0.0373. The maximum Gasteiger partial charge on any atom is 0.0645 e. The lowest BCUT2D eigenvalue weighted by molar-refractivity contribution is 1.18. The molecular formula is C54H36N2. The normalized spacial score (nSPS) is 12.3. The standard InChI is InChI=1S/C54H36N2/c1-4-13-37(14-5-1)40-17-12-18-41(33-40)39-23-28-46(29-24-39)56-53-32-27-43(35-50(53)48-30-25-44(36-54(48)56)38-15-6-2-7-16-38)42-26-31-52-49(34-42)47-21-10-11-22-51(47)55(52)45-19-8-3-9-20-45/h1-36H/i27D,32D,35D. The number of hydrogen-bond acceptors (Lipinski definition) is 0. The molecule has 0 radical (unpaired) electrons. The highest BCUT2D eigenvalue weighted by Gasteiger charge is 2.17. The van der Waals surface area contributed by atoms with Crippen LogP contribution in [0, 0.1) is 0 Å². The number of rotatable bonds is 6. The summed E-state index contributed by atoms with van der Waals surface area (Å²) in [5.41, 5.74) is 13.4. The van der Waals surface area contributed by atoms with Crippen molar-refractivity contribution in [3.63, 3.8) is 0 Å². The maximum atomic E-state index is 9.92. The molecule has 262 valence electrons. The van der Waals surface area contributed by atoms with E-state index in [-0.39, 0.29) is 18.1 Å². The van der Waals surface area contributed by atoms with E-state index in [1.165, 1.54) is 5.56 Å². The van der Waals surface area contributed by atoms with Crippen LogP contribution in [-0.2, 0) is 0 Å². The Morgan fingerprint density at radius 2 is 0.768 bits per heavy atom. The van der Waals surface area contributed by atoms with Gasteiger partial charge in [-0.15, -0.1) is 0 Å². The largest absolute Gasteiger partial charge is 0.309 e. The third-order valence-corrected chi connectivity index (χ3v) is 11.0. The zero-order chi connectivity index (χ0) is 39.6. The first kappa shape index (κ1) is 29.0. The van der Waals surface area contributed by atoms with Gasteiger partial charge in [0.1, 0.15) is 0 Å². The van der Waals surface area contributed by atoms with Crippen LogP contribution in [0.1, 0.15) is 4.11 Å². The molecule has 0 bridgehead atoms. The summed E-state index contributed by atoms with van der Waals surface area (Å²) in [6.45, 7) is 0. The molecule has 0 fully saturated rings. The van der Waals surface area contributed by atoms with Gasteiger partial charge in [-0.1, -0.05) is 152 Å². The van der Waals surface area contributed by atoms with Crippen molar-refractivity contribution in [3.8, 4) is 55.9 Å². The van der Waals surface area contributed by atoms with Gasteiger partial charge in [0.25, 0.3) is 0 Å². The molecule has 0 aliphatic heterocycles. The first-order chi connectivity index (χ1) is 29.0. The summed E-state index contributed by atoms with van der Waals surface area (Å²) in [6.07, 6.45) is 0. The summed E-state index contributed by atoms with van der Waals surface area (Å²) in [5.74, 6) is 0. The molecule has 2 aromatic heterocycles. The summed E-state index contributed by atoms with van der Waals surface area (Å²) in [5, 5.41) is 3.68. The molecule has 0 amide bonds. The van der Waals surface area contributed by atoms with Gasteiger partial charge in [-0.2, -0.15) is 0 Å². The van der Waals surface area contributed by atoms with Gasteiger partial charge in [-0.05, 0) is 111 Å². The molecule has 0 saturated heterocycles. The van der Waals surface area contributed by atoms with E-state index < -0.39 is 0 Å². The van der Waals surface area contributed by atoms with Gasteiger partial charge in [0.15, 0.2) is 0 Å². The number of para-hydroxylation sites is 2. The van der Waals surface area contributed by atoms with Crippen LogP contribution in [0.15, 0.2) is 218 Å². The van der Waals surface area contributed by atoms with Crippen LogP contribution in [0.3, 0.4) is 0 Å². The Labute approximate surface area is 330 Å². The molecule has 0 spiro atoms. The van der Waals surface area contributed by atoms with E-state index in [1.54, 1.807) is 0 Å². The summed E-state index contributed by atoms with van der Waals surface area (Å²) >= 11 is 0. The van der Waals surface area contributed by atoms with Crippen LogP contribution in [0.5, 0.6) is 0 Å². The number of nitrogens with zero attached hydrogens (tertiary/aromatic N) is 2. The van der Waals surface area contributed by atoms with Gasteiger partial charge in [-0.25, -0.2) is 0 Å². The van der Waals surface area contributed by atoms with E-state index in [4.69, 9.17) is 0 Å². The van der Waals surface area contributed by atoms with Crippen LogP contribution in [0.4, 0.5) is 0 Å². The lowest BCUT2D eigenvalue weighted by atomic mass is 9.99. The first-order valence-corrected chi connectivity index (χ1v) is 19.0. The molecule has 2 heterocycles. The highest BCUT2D eigenvalue weighted by Crippen LogP contribution is 2.40. The predicted octanol–water partition coefficient (Wildman–Crippen LogP) is 14.5. The smallest absolute Gasteiger partial charge is 0.0645 e. The fourth-order valence-corrected chi connectivity index (χ4v) is 8.33. The Morgan fingerprint density at radius 1 is 0.268 bits per heavy atom. The fraction of sp³-hybridized carbons (Fsp3) is 0. The third-order valence-electron chi connectivity index (χ3n) is 11.0. The molecule has 11 aromatic rings. The van der Waals surface area contributed by atoms with Crippen LogP contribution in [-0.4, -0.2) is 9.13 Å². The van der Waals surface area contributed by atoms with E-state index >= 15 is 0 Å². The molecule has 56 heavy (non-hydrogen) atoms. The van der Waals surface area contributed by atoms with Gasteiger partial charge in [0, 0.05) is 32.9 Å². The van der Waals surface area contributed by atoms with Crippen LogP contribution in [0.25, 0.3) is 99.5 Å². The lowest BCUT2D eigenvalue weighted by Crippen LogP contribution is -1.94. The maximum absolute atomic E-state index is 9.92. The van der Waals surface area contributed by atoms with Crippen molar-refractivity contribution in [2.24, 2.45) is 0 Å². The Kier molecular flexibility index (Phi) is 6.81. The number of fused-ring (bicyclic) bond motifs is 6. The topological polar surface area (TPSA) is 9.86 Å². The van der Waals surface area contributed by atoms with Gasteiger partial charge in [0.05, 0.1) is 26.2 Å². The molecule has 11 rings (SSSR count). The van der Waals surface area contributed by atoms with Crippen molar-refractivity contribution in [1.82, 2.24) is 9.13 Å². The van der Waals surface area contributed by atoms with E-state index in [0.717, 1.165) is 77.5 Å². The van der Waals surface area contributed by atoms with E-state index in [9.17, 15) is 4.11 Å². The lowest BCUT2D eigenvalue weighted by Gasteiger charge is -2.11. The first-order valence-electron chi connectivity index (χ1n) is 20.5. The molecule has 0 saturated carbocycles. The second-order valence-corrected chi connectivity index (χ2v) is 14.3. The van der Waals surface area contributed by atoms with Gasteiger partial charge < -0.3 is 9.13 Å². The quantitative estimate of drug-likeness (QED) is 0.162. The monoisotopic (exact) mass is 715 g/mol. The minimum Gasteiger partial charge on any atom is -0.309 e. The van der Waals surface area contributed by atoms with Gasteiger partial charge >= 0.3 is 0 Å². The average molecular weight is 716 g/mol. The van der Waals surface area contributed by atoms with Crippen molar-refractivity contribution in [3.05, 3.63) is 218 Å². The van der Waals surface area contributed by atoms with E-state index in [2.05, 4.69) is 161 Å². The van der Waals surface area contributed by atoms with Gasteiger partial charge in [-0.3, -0.25) is 0 Å². The second kappa shape index (κ2) is 13.2. The molecule has 0 unspecified atom stereocenters. The molecule has 2 nitrogen and oxygen atoms in total. The molecule has 0 atom stereocenters. The SMILES string of the molecule is [2H]c1c(-c2ccc3c(c2)c2ccccc2n3-c2ccccc2)c([2H])c2c3ccc(-c4ccccc4)cc3n(-c3ccc(-c4cccc(-c5ccccc5)c4)cc3)c2c1[2H]. The Hall–Kier alpha value is -7.42. The van der Waals surface area contributed by atoms with Crippen LogP contribution >= 0.6 is 0 Å². The zero-order valence-electron chi connectivity index (χ0n) is 33.4. The van der Waals surface area contributed by atoms with Gasteiger partial charge in [0.2, 0.25) is 0 Å². The van der Waals surface area contributed by atoms with E-state index in [1.807, 2.05) is 48.5 Å². The number of benzene rings is 9. The Bertz CT molecular complexity index is 3390. The molecule has 0 aliphatic carbocycles. The number of aromatic nitrogens is 2. The van der Waals surface area contributed by atoms with Crippen molar-refractivity contribution in [2.75, 3.05) is 0 Å². The van der Waals surface area contributed by atoms with E-state index in [0.29, 0.717) is 16.5 Å². The highest BCUT2D eigenvalue weighted by atomic mass is 15.0. The summed E-state index contributed by atoms with van der Waals surface area (Å²) < 4.78 is 33.6. The fourth-order valence-electron chi connectivity index (χ4n) is 8.33. The van der Waals surface area contributed by atoms with Crippen molar-refractivity contribution in [1.29, 1.82) is 0 Å². The molecule has 0 aliphatic rings. The predicted molar refractivity (Wildman–Crippen MR) is 237 cm³/mol. The number of hydrogen-bond donors (Lipinski definition) is 0. The molecule has 9 aromatic carbocycles.